The summed E-state index contributed by atoms with van der Waals surface area (Å²) in [6, 6.07) is 8.07. The fraction of sp³-hybridized carbons (Fsp3) is 0.417. The summed E-state index contributed by atoms with van der Waals surface area (Å²) >= 11 is 0. The van der Waals surface area contributed by atoms with Gasteiger partial charge in [-0.15, -0.1) is 0 Å². The molecule has 1 aromatic rings. The Morgan fingerprint density at radius 2 is 2.25 bits per heavy atom. The highest BCUT2D eigenvalue weighted by Gasteiger charge is 2.29. The van der Waals surface area contributed by atoms with Gasteiger partial charge in [0.15, 0.2) is 0 Å². The van der Waals surface area contributed by atoms with Crippen LogP contribution in [0.2, 0.25) is 0 Å². The molecule has 0 bridgehead atoms. The van der Waals surface area contributed by atoms with Crippen LogP contribution in [0.25, 0.3) is 0 Å². The fourth-order valence-electron chi connectivity index (χ4n) is 2.04. The molecule has 1 aliphatic heterocycles. The van der Waals surface area contributed by atoms with Gasteiger partial charge in [0.1, 0.15) is 0 Å². The Morgan fingerprint density at radius 1 is 1.50 bits per heavy atom. The van der Waals surface area contributed by atoms with E-state index in [1.54, 1.807) is 4.90 Å². The molecule has 1 unspecified atom stereocenters. The lowest BCUT2D eigenvalue weighted by molar-refractivity contribution is 0.250. The number of para-hydroxylation sites is 1. The van der Waals surface area contributed by atoms with Gasteiger partial charge in [-0.3, -0.25) is 4.90 Å². The summed E-state index contributed by atoms with van der Waals surface area (Å²) in [6.45, 7) is 3.33. The lowest BCUT2D eigenvalue weighted by Gasteiger charge is -2.17. The Hall–Kier alpha value is -1.55. The van der Waals surface area contributed by atoms with Crippen molar-refractivity contribution in [3.63, 3.8) is 0 Å². The van der Waals surface area contributed by atoms with Crippen molar-refractivity contribution in [1.82, 2.24) is 5.32 Å². The monoisotopic (exact) mass is 219 g/mol. The fourth-order valence-corrected chi connectivity index (χ4v) is 2.04. The average Bonchev–Trinajstić information content (AvgIpc) is 2.61. The van der Waals surface area contributed by atoms with Crippen LogP contribution in [0.1, 0.15) is 12.0 Å². The van der Waals surface area contributed by atoms with E-state index < -0.39 is 0 Å². The van der Waals surface area contributed by atoms with E-state index in [0.717, 1.165) is 17.7 Å². The van der Waals surface area contributed by atoms with Crippen LogP contribution >= 0.6 is 0 Å². The molecular formula is C12H17N3O. The van der Waals surface area contributed by atoms with Gasteiger partial charge in [-0.2, -0.15) is 0 Å². The van der Waals surface area contributed by atoms with Crippen LogP contribution in [0, 0.1) is 6.92 Å². The predicted molar refractivity (Wildman–Crippen MR) is 64.5 cm³/mol. The van der Waals surface area contributed by atoms with Crippen molar-refractivity contribution < 1.29 is 4.79 Å². The van der Waals surface area contributed by atoms with Crippen LogP contribution in [-0.2, 0) is 0 Å². The molecule has 3 N–H and O–H groups in total. The van der Waals surface area contributed by atoms with Gasteiger partial charge >= 0.3 is 6.03 Å². The van der Waals surface area contributed by atoms with E-state index in [2.05, 4.69) is 5.32 Å². The van der Waals surface area contributed by atoms with Crippen LogP contribution < -0.4 is 16.0 Å². The molecule has 0 aliphatic carbocycles. The Labute approximate surface area is 95.4 Å². The van der Waals surface area contributed by atoms with Crippen molar-refractivity contribution >= 4 is 11.7 Å². The van der Waals surface area contributed by atoms with Crippen molar-refractivity contribution in [3.05, 3.63) is 29.8 Å². The van der Waals surface area contributed by atoms with Gasteiger partial charge in [0.25, 0.3) is 0 Å². The third-order valence-corrected chi connectivity index (χ3v) is 2.90. The zero-order valence-corrected chi connectivity index (χ0v) is 9.44. The molecule has 86 valence electrons. The van der Waals surface area contributed by atoms with E-state index in [-0.39, 0.29) is 12.1 Å². The molecule has 1 atom stereocenters. The first-order valence-electron chi connectivity index (χ1n) is 5.56. The normalized spacial score (nSPS) is 20.0. The second kappa shape index (κ2) is 4.53. The Morgan fingerprint density at radius 3 is 2.94 bits per heavy atom. The van der Waals surface area contributed by atoms with Crippen LogP contribution in [0.15, 0.2) is 24.3 Å². The van der Waals surface area contributed by atoms with Crippen LogP contribution in [-0.4, -0.2) is 25.2 Å². The number of carbonyl (C=O) groups is 1. The maximum atomic E-state index is 11.8. The van der Waals surface area contributed by atoms with Crippen molar-refractivity contribution in [1.29, 1.82) is 0 Å². The summed E-state index contributed by atoms with van der Waals surface area (Å²) in [5.41, 5.74) is 7.60. The Balaban J connectivity index is 2.17. The van der Waals surface area contributed by atoms with Crippen molar-refractivity contribution in [2.75, 3.05) is 18.0 Å². The number of hydrogen-bond acceptors (Lipinski definition) is 2. The van der Waals surface area contributed by atoms with E-state index >= 15 is 0 Å². The second-order valence-electron chi connectivity index (χ2n) is 4.12. The molecule has 4 nitrogen and oxygen atoms in total. The van der Waals surface area contributed by atoms with Crippen LogP contribution in [0.5, 0.6) is 0 Å². The molecule has 1 aromatic carbocycles. The molecule has 4 heteroatoms. The maximum absolute atomic E-state index is 11.8. The Kier molecular flexibility index (Phi) is 3.10. The smallest absolute Gasteiger partial charge is 0.322 e. The number of nitrogens with zero attached hydrogens (tertiary/aromatic N) is 1. The highest BCUT2D eigenvalue weighted by molar-refractivity contribution is 5.95. The third kappa shape index (κ3) is 2.02. The van der Waals surface area contributed by atoms with Crippen LogP contribution in [0.4, 0.5) is 10.5 Å². The maximum Gasteiger partial charge on any atom is 0.322 e. The Bertz CT molecular complexity index is 392. The SMILES string of the molecule is Cc1ccccc1N1CC(CCN)NC1=O. The molecule has 0 radical (unpaired) electrons. The minimum atomic E-state index is -0.0206. The quantitative estimate of drug-likeness (QED) is 0.803. The van der Waals surface area contributed by atoms with E-state index in [1.165, 1.54) is 0 Å². The summed E-state index contributed by atoms with van der Waals surface area (Å²) in [5, 5.41) is 2.94. The van der Waals surface area contributed by atoms with E-state index in [1.807, 2.05) is 31.2 Å². The molecule has 1 saturated heterocycles. The highest BCUT2D eigenvalue weighted by Crippen LogP contribution is 2.22. The van der Waals surface area contributed by atoms with E-state index in [4.69, 9.17) is 5.73 Å². The first-order chi connectivity index (χ1) is 7.72. The number of hydrogen-bond donors (Lipinski definition) is 2. The standard InChI is InChI=1S/C12H17N3O/c1-9-4-2-3-5-11(9)15-8-10(6-7-13)14-12(15)16/h2-5,10H,6-8,13H2,1H3,(H,14,16). The molecular weight excluding hydrogens is 202 g/mol. The lowest BCUT2D eigenvalue weighted by Crippen LogP contribution is -2.29. The molecule has 16 heavy (non-hydrogen) atoms. The number of carbonyl (C=O) groups excluding carboxylic acids is 1. The van der Waals surface area contributed by atoms with Gasteiger partial charge in [-0.05, 0) is 31.5 Å². The predicted octanol–water partition coefficient (Wildman–Crippen LogP) is 1.24. The van der Waals surface area contributed by atoms with Gasteiger partial charge in [0, 0.05) is 18.3 Å². The average molecular weight is 219 g/mol. The van der Waals surface area contributed by atoms with E-state index in [9.17, 15) is 4.79 Å². The molecule has 0 aromatic heterocycles. The first kappa shape index (κ1) is 11.0. The van der Waals surface area contributed by atoms with Crippen LogP contribution in [0.3, 0.4) is 0 Å². The lowest BCUT2D eigenvalue weighted by atomic mass is 10.1. The molecule has 1 heterocycles. The number of nitrogens with one attached hydrogen (secondary N) is 1. The van der Waals surface area contributed by atoms with Crippen molar-refractivity contribution in [2.45, 2.75) is 19.4 Å². The van der Waals surface area contributed by atoms with Crippen molar-refractivity contribution in [3.8, 4) is 0 Å². The zero-order valence-electron chi connectivity index (χ0n) is 9.44. The molecule has 0 saturated carbocycles. The largest absolute Gasteiger partial charge is 0.333 e. The first-order valence-corrected chi connectivity index (χ1v) is 5.56. The molecule has 2 amide bonds. The van der Waals surface area contributed by atoms with E-state index in [0.29, 0.717) is 13.1 Å². The summed E-state index contributed by atoms with van der Waals surface area (Å²) in [7, 11) is 0. The minimum Gasteiger partial charge on any atom is -0.333 e. The number of aryl methyl sites for hydroxylation is 1. The summed E-state index contributed by atoms with van der Waals surface area (Å²) in [4.78, 5) is 13.6. The molecule has 1 fully saturated rings. The minimum absolute atomic E-state index is 0.0206. The zero-order chi connectivity index (χ0) is 11.5. The number of nitrogens with two attached hydrogens (primary N) is 1. The summed E-state index contributed by atoms with van der Waals surface area (Å²) in [6.07, 6.45) is 0.828. The molecule has 2 rings (SSSR count). The summed E-state index contributed by atoms with van der Waals surface area (Å²) < 4.78 is 0. The number of amides is 2. The third-order valence-electron chi connectivity index (χ3n) is 2.90. The number of rotatable bonds is 3. The number of anilines is 1. The van der Waals surface area contributed by atoms with Gasteiger partial charge in [-0.25, -0.2) is 4.79 Å². The summed E-state index contributed by atoms with van der Waals surface area (Å²) in [5.74, 6) is 0. The topological polar surface area (TPSA) is 58.4 Å². The second-order valence-corrected chi connectivity index (χ2v) is 4.12. The van der Waals surface area contributed by atoms with Gasteiger partial charge in [0.2, 0.25) is 0 Å². The number of urea groups is 1. The number of benzene rings is 1. The highest BCUT2D eigenvalue weighted by atomic mass is 16.2. The van der Waals surface area contributed by atoms with Gasteiger partial charge < -0.3 is 11.1 Å². The molecule has 0 spiro atoms. The van der Waals surface area contributed by atoms with Gasteiger partial charge in [0.05, 0.1) is 0 Å². The van der Waals surface area contributed by atoms with Crippen molar-refractivity contribution in [2.24, 2.45) is 5.73 Å². The molecule has 1 aliphatic rings. The van der Waals surface area contributed by atoms with Gasteiger partial charge in [-0.1, -0.05) is 18.2 Å².